The molecule has 28 heavy (non-hydrogen) atoms. The molecule has 4 nitrogen and oxygen atoms in total. The minimum Gasteiger partial charge on any atom is -0.313 e. The number of nitrogens with one attached hydrogen (secondary N) is 1. The van der Waals surface area contributed by atoms with Gasteiger partial charge in [-0.2, -0.15) is 0 Å². The quantitative estimate of drug-likeness (QED) is 0.522. The van der Waals surface area contributed by atoms with Crippen LogP contribution in [0.15, 0.2) is 79.1 Å². The number of nitrogens with zero attached hydrogens (tertiary/aromatic N) is 2. The summed E-state index contributed by atoms with van der Waals surface area (Å²) in [5.74, 6) is 0. The van der Waals surface area contributed by atoms with Gasteiger partial charge in [-0.3, -0.25) is 4.98 Å². The summed E-state index contributed by atoms with van der Waals surface area (Å²) in [5.41, 5.74) is 2.82. The Bertz CT molecular complexity index is 830. The number of rotatable bonds is 7. The van der Waals surface area contributed by atoms with Crippen LogP contribution < -0.4 is 5.32 Å². The molecule has 0 saturated heterocycles. The number of halogens is 1. The van der Waals surface area contributed by atoms with Crippen LogP contribution >= 0.6 is 11.6 Å². The summed E-state index contributed by atoms with van der Waals surface area (Å²) in [6.07, 6.45) is 5.45. The fourth-order valence-electron chi connectivity index (χ4n) is 3.14. The van der Waals surface area contributed by atoms with Gasteiger partial charge in [-0.15, -0.1) is 0 Å². The van der Waals surface area contributed by atoms with Crippen LogP contribution in [-0.2, 0) is 0 Å². The Balaban J connectivity index is 1.95. The topological polar surface area (TPSA) is 45.2 Å². The molecule has 1 N–H and O–H groups in total. The number of amides is 2. The number of benzene rings is 2. The van der Waals surface area contributed by atoms with Crippen LogP contribution in [-0.4, -0.2) is 22.5 Å². The van der Waals surface area contributed by atoms with Crippen molar-refractivity contribution in [3.63, 3.8) is 0 Å². The van der Waals surface area contributed by atoms with Gasteiger partial charge in [-0.05, 0) is 53.9 Å². The van der Waals surface area contributed by atoms with Crippen molar-refractivity contribution in [2.75, 3.05) is 11.9 Å². The van der Waals surface area contributed by atoms with Crippen molar-refractivity contribution in [1.82, 2.24) is 9.88 Å². The van der Waals surface area contributed by atoms with E-state index in [9.17, 15) is 4.79 Å². The van der Waals surface area contributed by atoms with Crippen molar-refractivity contribution < 1.29 is 4.79 Å². The lowest BCUT2D eigenvalue weighted by Crippen LogP contribution is -2.39. The minimum absolute atomic E-state index is 0.138. The van der Waals surface area contributed by atoms with E-state index in [2.05, 4.69) is 29.4 Å². The summed E-state index contributed by atoms with van der Waals surface area (Å²) in [6, 6.07) is 20.8. The molecule has 0 spiro atoms. The molecule has 2 aromatic carbocycles. The number of carbonyl (C=O) groups excluding carboxylic acids is 1. The van der Waals surface area contributed by atoms with Gasteiger partial charge in [-0.1, -0.05) is 55.3 Å². The molecule has 0 radical (unpaired) electrons. The number of carbonyl (C=O) groups is 1. The Kier molecular flexibility index (Phi) is 7.04. The molecule has 0 aliphatic heterocycles. The van der Waals surface area contributed by atoms with Gasteiger partial charge in [-0.25, -0.2) is 4.79 Å². The van der Waals surface area contributed by atoms with Crippen molar-refractivity contribution in [3.05, 3.63) is 95.3 Å². The van der Waals surface area contributed by atoms with E-state index in [0.717, 1.165) is 29.7 Å². The zero-order valence-corrected chi connectivity index (χ0v) is 16.6. The summed E-state index contributed by atoms with van der Waals surface area (Å²) in [4.78, 5) is 19.3. The van der Waals surface area contributed by atoms with Crippen molar-refractivity contribution in [3.8, 4) is 0 Å². The highest BCUT2D eigenvalue weighted by atomic mass is 35.5. The molecule has 0 aliphatic carbocycles. The monoisotopic (exact) mass is 393 g/mol. The van der Waals surface area contributed by atoms with E-state index in [1.807, 2.05) is 47.4 Å². The van der Waals surface area contributed by atoms with E-state index >= 15 is 0 Å². The van der Waals surface area contributed by atoms with Crippen molar-refractivity contribution in [2.45, 2.75) is 25.8 Å². The van der Waals surface area contributed by atoms with E-state index < -0.39 is 0 Å². The number of hydrogen-bond acceptors (Lipinski definition) is 2. The third-order valence-electron chi connectivity index (χ3n) is 4.56. The standard InChI is InChI=1S/C23H24ClN3O/c1-2-3-17-27(23(28)26-21-11-9-20(24)10-12-21)22(18-7-5-4-6-8-18)19-13-15-25-16-14-19/h4-16,22H,2-3,17H2,1H3,(H,26,28). The van der Waals surface area contributed by atoms with Crippen molar-refractivity contribution >= 4 is 23.3 Å². The fraction of sp³-hybridized carbons (Fsp3) is 0.217. The van der Waals surface area contributed by atoms with Crippen LogP contribution in [0.25, 0.3) is 0 Å². The second-order valence-corrected chi connectivity index (χ2v) is 7.01. The molecule has 5 heteroatoms. The first-order valence-corrected chi connectivity index (χ1v) is 9.85. The first-order chi connectivity index (χ1) is 13.7. The molecule has 3 aromatic rings. The third-order valence-corrected chi connectivity index (χ3v) is 4.81. The van der Waals surface area contributed by atoms with Crippen LogP contribution in [0.5, 0.6) is 0 Å². The average molecular weight is 394 g/mol. The molecule has 2 amide bonds. The molecule has 144 valence electrons. The highest BCUT2D eigenvalue weighted by Gasteiger charge is 2.26. The summed E-state index contributed by atoms with van der Waals surface area (Å²) in [5, 5.41) is 3.65. The molecule has 0 bridgehead atoms. The maximum atomic E-state index is 13.3. The van der Waals surface area contributed by atoms with Gasteiger partial charge in [0, 0.05) is 29.6 Å². The van der Waals surface area contributed by atoms with Crippen LogP contribution in [0.3, 0.4) is 0 Å². The number of pyridine rings is 1. The van der Waals surface area contributed by atoms with Gasteiger partial charge in [0.25, 0.3) is 0 Å². The number of urea groups is 1. The molecule has 1 aromatic heterocycles. The van der Waals surface area contributed by atoms with Crippen LogP contribution in [0.4, 0.5) is 10.5 Å². The Hall–Kier alpha value is -2.85. The zero-order valence-electron chi connectivity index (χ0n) is 15.9. The number of anilines is 1. The normalized spacial score (nSPS) is 11.6. The van der Waals surface area contributed by atoms with E-state index in [0.29, 0.717) is 11.6 Å². The Morgan fingerprint density at radius 1 is 1.00 bits per heavy atom. The van der Waals surface area contributed by atoms with Gasteiger partial charge in [0.1, 0.15) is 0 Å². The highest BCUT2D eigenvalue weighted by Crippen LogP contribution is 2.29. The van der Waals surface area contributed by atoms with Gasteiger partial charge < -0.3 is 10.2 Å². The maximum Gasteiger partial charge on any atom is 0.322 e. The molecular formula is C23H24ClN3O. The molecule has 0 fully saturated rings. The van der Waals surface area contributed by atoms with E-state index in [1.54, 1.807) is 24.5 Å². The summed E-state index contributed by atoms with van der Waals surface area (Å²) < 4.78 is 0. The van der Waals surface area contributed by atoms with Crippen LogP contribution in [0, 0.1) is 0 Å². The third kappa shape index (κ3) is 5.11. The number of aromatic nitrogens is 1. The minimum atomic E-state index is -0.192. The van der Waals surface area contributed by atoms with E-state index in [-0.39, 0.29) is 12.1 Å². The summed E-state index contributed by atoms with van der Waals surface area (Å²) in [6.45, 7) is 2.77. The summed E-state index contributed by atoms with van der Waals surface area (Å²) >= 11 is 5.96. The molecule has 1 heterocycles. The summed E-state index contributed by atoms with van der Waals surface area (Å²) in [7, 11) is 0. The largest absolute Gasteiger partial charge is 0.322 e. The molecule has 0 saturated carbocycles. The SMILES string of the molecule is CCCCN(C(=O)Nc1ccc(Cl)cc1)C(c1ccccc1)c1ccncc1. The second-order valence-electron chi connectivity index (χ2n) is 6.58. The predicted octanol–water partition coefficient (Wildman–Crippen LogP) is 6.16. The maximum absolute atomic E-state index is 13.3. The van der Waals surface area contributed by atoms with Gasteiger partial charge >= 0.3 is 6.03 Å². The highest BCUT2D eigenvalue weighted by molar-refractivity contribution is 6.30. The molecule has 1 unspecified atom stereocenters. The zero-order chi connectivity index (χ0) is 19.8. The van der Waals surface area contributed by atoms with E-state index in [1.165, 1.54) is 0 Å². The second kappa shape index (κ2) is 9.90. The Labute approximate surface area is 171 Å². The average Bonchev–Trinajstić information content (AvgIpc) is 2.74. The predicted molar refractivity (Wildman–Crippen MR) is 115 cm³/mol. The smallest absolute Gasteiger partial charge is 0.313 e. The first kappa shape index (κ1) is 19.9. The molecule has 1 atom stereocenters. The number of hydrogen-bond donors (Lipinski definition) is 1. The van der Waals surface area contributed by atoms with Crippen LogP contribution in [0.1, 0.15) is 36.9 Å². The van der Waals surface area contributed by atoms with Gasteiger partial charge in [0.2, 0.25) is 0 Å². The van der Waals surface area contributed by atoms with E-state index in [4.69, 9.17) is 11.6 Å². The van der Waals surface area contributed by atoms with Gasteiger partial charge in [0.15, 0.2) is 0 Å². The molecular weight excluding hydrogens is 370 g/mol. The molecule has 0 aliphatic rings. The Morgan fingerprint density at radius 2 is 1.64 bits per heavy atom. The van der Waals surface area contributed by atoms with Gasteiger partial charge in [0.05, 0.1) is 6.04 Å². The Morgan fingerprint density at radius 3 is 2.29 bits per heavy atom. The fourth-order valence-corrected chi connectivity index (χ4v) is 3.26. The van der Waals surface area contributed by atoms with Crippen molar-refractivity contribution in [2.24, 2.45) is 0 Å². The lowest BCUT2D eigenvalue weighted by atomic mass is 9.98. The lowest BCUT2D eigenvalue weighted by Gasteiger charge is -2.32. The van der Waals surface area contributed by atoms with Crippen LogP contribution in [0.2, 0.25) is 5.02 Å². The van der Waals surface area contributed by atoms with Crippen molar-refractivity contribution in [1.29, 1.82) is 0 Å². The lowest BCUT2D eigenvalue weighted by molar-refractivity contribution is 0.197. The number of unbranched alkanes of at least 4 members (excludes halogenated alkanes) is 1. The first-order valence-electron chi connectivity index (χ1n) is 9.47. The molecule has 3 rings (SSSR count).